The van der Waals surface area contributed by atoms with Gasteiger partial charge in [0, 0.05) is 40.8 Å². The molecule has 0 aliphatic carbocycles. The quantitative estimate of drug-likeness (QED) is 0.0894. The third-order valence-corrected chi connectivity index (χ3v) is 8.81. The first kappa shape index (κ1) is 33.5. The molecule has 1 saturated heterocycles. The highest BCUT2D eigenvalue weighted by Crippen LogP contribution is 2.44. The average molecular weight is 734 g/mol. The molecule has 15 heteroatoms. The number of pyridine rings is 1. The summed E-state index contributed by atoms with van der Waals surface area (Å²) in [4.78, 5) is 43.2. The molecule has 0 radical (unpaired) electrons. The van der Waals surface area contributed by atoms with Gasteiger partial charge in [-0.15, -0.1) is 0 Å². The summed E-state index contributed by atoms with van der Waals surface area (Å²) < 4.78 is 32.1. The molecule has 1 aliphatic heterocycles. The van der Waals surface area contributed by atoms with E-state index in [2.05, 4.69) is 36.6 Å². The molecular formula is C34H30BrFN6O7. The van der Waals surface area contributed by atoms with Crippen LogP contribution >= 0.6 is 15.9 Å². The standard InChI is InChI=1S/C34H30BrFN6O7/c1-47-21-11-9-19(27(14-21)48-2)16-38-34(44)30-31(40-33(43)20-10-12-28(36)37-17-20)25(35)15-23(32(30)42(45)46)22-6-5-7-26-24(22)18-39-41(26)29-8-3-4-13-49-29/h5-7,9-12,14-15,17-18,29H,3-4,8,13,16H2,1-2H3,(H,38,44)(H,40,43). The van der Waals surface area contributed by atoms with Crippen molar-refractivity contribution in [2.75, 3.05) is 26.1 Å². The largest absolute Gasteiger partial charge is 0.497 e. The number of ether oxygens (including phenoxy) is 3. The number of nitro groups is 1. The summed E-state index contributed by atoms with van der Waals surface area (Å²) in [5, 5.41) is 23.5. The number of hydrogen-bond acceptors (Lipinski definition) is 9. The van der Waals surface area contributed by atoms with Gasteiger partial charge in [0.1, 0.15) is 17.1 Å². The van der Waals surface area contributed by atoms with Crippen molar-refractivity contribution in [3.8, 4) is 22.6 Å². The second kappa shape index (κ2) is 14.4. The van der Waals surface area contributed by atoms with Gasteiger partial charge in [0.2, 0.25) is 5.95 Å². The van der Waals surface area contributed by atoms with Gasteiger partial charge in [0.05, 0.1) is 47.7 Å². The van der Waals surface area contributed by atoms with Gasteiger partial charge in [0.15, 0.2) is 6.23 Å². The molecule has 0 saturated carbocycles. The van der Waals surface area contributed by atoms with E-state index in [1.807, 2.05) is 6.07 Å². The van der Waals surface area contributed by atoms with E-state index in [1.54, 1.807) is 41.2 Å². The third kappa shape index (κ3) is 6.80. The number of hydrogen-bond donors (Lipinski definition) is 2. The zero-order valence-electron chi connectivity index (χ0n) is 26.4. The number of rotatable bonds is 10. The fourth-order valence-electron chi connectivity index (χ4n) is 5.79. The number of nitrogens with one attached hydrogen (secondary N) is 2. The average Bonchev–Trinajstić information content (AvgIpc) is 3.56. The van der Waals surface area contributed by atoms with Crippen molar-refractivity contribution in [3.63, 3.8) is 0 Å². The lowest BCUT2D eigenvalue weighted by atomic mass is 9.95. The lowest BCUT2D eigenvalue weighted by Gasteiger charge is -2.23. The fourth-order valence-corrected chi connectivity index (χ4v) is 6.31. The van der Waals surface area contributed by atoms with Crippen LogP contribution in [-0.4, -0.2) is 52.3 Å². The number of carbonyl (C=O) groups is 2. The zero-order chi connectivity index (χ0) is 34.7. The molecule has 3 aromatic carbocycles. The van der Waals surface area contributed by atoms with Gasteiger partial charge >= 0.3 is 0 Å². The molecule has 3 heterocycles. The van der Waals surface area contributed by atoms with Crippen LogP contribution < -0.4 is 20.1 Å². The summed E-state index contributed by atoms with van der Waals surface area (Å²) in [6.07, 6.45) is 5.06. The van der Waals surface area contributed by atoms with E-state index >= 15 is 0 Å². The SMILES string of the molecule is COc1ccc(CNC(=O)c2c(NC(=O)c3ccc(F)nc3)c(Br)cc(-c3cccc4c3cnn4C3CCCCO3)c2[N+](=O)[O-])c(OC)c1. The predicted octanol–water partition coefficient (Wildman–Crippen LogP) is 6.81. The lowest BCUT2D eigenvalue weighted by Crippen LogP contribution is -2.26. The monoisotopic (exact) mass is 732 g/mol. The van der Waals surface area contributed by atoms with Crippen molar-refractivity contribution in [3.05, 3.63) is 104 Å². The minimum Gasteiger partial charge on any atom is -0.497 e. The van der Waals surface area contributed by atoms with Gasteiger partial charge in [-0.25, -0.2) is 9.67 Å². The summed E-state index contributed by atoms with van der Waals surface area (Å²) in [6, 6.07) is 14.0. The molecule has 1 fully saturated rings. The molecule has 1 aliphatic rings. The zero-order valence-corrected chi connectivity index (χ0v) is 28.0. The minimum absolute atomic E-state index is 0.0310. The molecular weight excluding hydrogens is 703 g/mol. The van der Waals surface area contributed by atoms with Crippen LogP contribution in [0.1, 0.15) is 51.8 Å². The number of nitro benzene ring substituents is 1. The maximum absolute atomic E-state index is 14.1. The van der Waals surface area contributed by atoms with Crippen LogP contribution in [0.5, 0.6) is 11.5 Å². The Morgan fingerprint density at radius 3 is 2.61 bits per heavy atom. The second-order valence-electron chi connectivity index (χ2n) is 11.1. The van der Waals surface area contributed by atoms with Gasteiger partial charge in [-0.1, -0.05) is 12.1 Å². The molecule has 2 aromatic heterocycles. The van der Waals surface area contributed by atoms with Crippen LogP contribution in [0.4, 0.5) is 15.8 Å². The Morgan fingerprint density at radius 1 is 1.08 bits per heavy atom. The normalized spacial score (nSPS) is 14.3. The molecule has 0 bridgehead atoms. The van der Waals surface area contributed by atoms with Crippen LogP contribution in [0.25, 0.3) is 22.0 Å². The molecule has 1 atom stereocenters. The van der Waals surface area contributed by atoms with Gasteiger partial charge in [-0.2, -0.15) is 9.49 Å². The Balaban J connectivity index is 1.48. The first-order chi connectivity index (χ1) is 23.7. The third-order valence-electron chi connectivity index (χ3n) is 8.18. The van der Waals surface area contributed by atoms with E-state index in [9.17, 15) is 24.1 Å². The smallest absolute Gasteiger partial charge is 0.292 e. The van der Waals surface area contributed by atoms with Gasteiger partial charge in [-0.3, -0.25) is 19.7 Å². The van der Waals surface area contributed by atoms with Crippen LogP contribution in [0.15, 0.2) is 71.5 Å². The lowest BCUT2D eigenvalue weighted by molar-refractivity contribution is -0.384. The summed E-state index contributed by atoms with van der Waals surface area (Å²) in [6.45, 7) is 0.524. The van der Waals surface area contributed by atoms with Crippen molar-refractivity contribution >= 4 is 50.0 Å². The van der Waals surface area contributed by atoms with Gasteiger partial charge < -0.3 is 24.8 Å². The van der Waals surface area contributed by atoms with Crippen LogP contribution in [0, 0.1) is 16.1 Å². The first-order valence-electron chi connectivity index (χ1n) is 15.2. The van der Waals surface area contributed by atoms with Crippen LogP contribution in [0.2, 0.25) is 0 Å². The van der Waals surface area contributed by atoms with E-state index in [1.165, 1.54) is 26.4 Å². The highest BCUT2D eigenvalue weighted by Gasteiger charge is 2.33. The van der Waals surface area contributed by atoms with Crippen LogP contribution in [-0.2, 0) is 11.3 Å². The van der Waals surface area contributed by atoms with Crippen molar-refractivity contribution in [2.45, 2.75) is 32.0 Å². The summed E-state index contributed by atoms with van der Waals surface area (Å²) in [7, 11) is 2.97. The summed E-state index contributed by atoms with van der Waals surface area (Å²) in [5.74, 6) is -1.45. The van der Waals surface area contributed by atoms with Crippen molar-refractivity contribution in [2.24, 2.45) is 0 Å². The number of aromatic nitrogens is 3. The molecule has 2 amide bonds. The molecule has 252 valence electrons. The van der Waals surface area contributed by atoms with Crippen molar-refractivity contribution in [1.29, 1.82) is 0 Å². The summed E-state index contributed by atoms with van der Waals surface area (Å²) in [5.41, 5.74) is 0.667. The number of nitrogens with zero attached hydrogens (tertiary/aromatic N) is 4. The molecule has 2 N–H and O–H groups in total. The first-order valence-corrected chi connectivity index (χ1v) is 16.0. The molecule has 13 nitrogen and oxygen atoms in total. The van der Waals surface area contributed by atoms with E-state index in [0.29, 0.717) is 40.1 Å². The van der Waals surface area contributed by atoms with E-state index in [4.69, 9.17) is 14.2 Å². The van der Waals surface area contributed by atoms with Crippen LogP contribution in [0.3, 0.4) is 0 Å². The van der Waals surface area contributed by atoms with E-state index in [0.717, 1.165) is 31.5 Å². The molecule has 49 heavy (non-hydrogen) atoms. The Morgan fingerprint density at radius 2 is 1.92 bits per heavy atom. The Bertz CT molecular complexity index is 2060. The van der Waals surface area contributed by atoms with Crippen molar-refractivity contribution in [1.82, 2.24) is 20.1 Å². The number of methoxy groups -OCH3 is 2. The maximum Gasteiger partial charge on any atom is 0.292 e. The topological polar surface area (TPSA) is 160 Å². The highest BCUT2D eigenvalue weighted by molar-refractivity contribution is 9.10. The highest BCUT2D eigenvalue weighted by atomic mass is 79.9. The predicted molar refractivity (Wildman–Crippen MR) is 181 cm³/mol. The molecule has 1 unspecified atom stereocenters. The Hall–Kier alpha value is -5.41. The minimum atomic E-state index is -0.849. The van der Waals surface area contributed by atoms with E-state index < -0.39 is 33.9 Å². The Kier molecular flexibility index (Phi) is 9.82. The molecule has 6 rings (SSSR count). The Labute approximate surface area is 287 Å². The van der Waals surface area contributed by atoms with Gasteiger partial charge in [-0.05, 0) is 77.2 Å². The second-order valence-corrected chi connectivity index (χ2v) is 11.9. The molecule has 0 spiro atoms. The number of anilines is 1. The molecule has 5 aromatic rings. The van der Waals surface area contributed by atoms with Crippen molar-refractivity contribution < 1.29 is 33.1 Å². The number of amides is 2. The number of fused-ring (bicyclic) bond motifs is 1. The van der Waals surface area contributed by atoms with Gasteiger partial charge in [0.25, 0.3) is 17.5 Å². The number of carbonyl (C=O) groups excluding carboxylic acids is 2. The number of benzene rings is 3. The fraction of sp³-hybridized carbons (Fsp3) is 0.235. The summed E-state index contributed by atoms with van der Waals surface area (Å²) >= 11 is 3.46. The number of halogens is 2. The van der Waals surface area contributed by atoms with E-state index in [-0.39, 0.29) is 34.1 Å². The maximum atomic E-state index is 14.1.